The van der Waals surface area contributed by atoms with E-state index in [1.54, 1.807) is 42.6 Å². The first kappa shape index (κ1) is 13.4. The van der Waals surface area contributed by atoms with Crippen molar-refractivity contribution in [2.24, 2.45) is 0 Å². The largest absolute Gasteiger partial charge is 0.484 e. The molecule has 1 heterocycles. The highest BCUT2D eigenvalue weighted by Gasteiger charge is 2.04. The van der Waals surface area contributed by atoms with E-state index in [-0.39, 0.29) is 12.5 Å². The average Bonchev–Trinajstić information content (AvgIpc) is 2.39. The third-order valence-electron chi connectivity index (χ3n) is 2.24. The number of benzene rings is 1. The Labute approximate surface area is 118 Å². The van der Waals surface area contributed by atoms with Crippen molar-refractivity contribution in [3.05, 3.63) is 47.2 Å². The van der Waals surface area contributed by atoms with Crippen LogP contribution < -0.4 is 15.8 Å². The molecular formula is C13H12BrN3O2. The van der Waals surface area contributed by atoms with E-state index in [0.29, 0.717) is 21.7 Å². The van der Waals surface area contributed by atoms with Gasteiger partial charge in [0.2, 0.25) is 0 Å². The molecule has 0 aliphatic carbocycles. The summed E-state index contributed by atoms with van der Waals surface area (Å²) >= 11 is 3.22. The number of halogens is 1. The maximum absolute atomic E-state index is 11.6. The molecule has 3 N–H and O–H groups in total. The zero-order chi connectivity index (χ0) is 13.7. The summed E-state index contributed by atoms with van der Waals surface area (Å²) in [5.41, 5.74) is 6.82. The Kier molecular flexibility index (Phi) is 4.35. The molecule has 0 radical (unpaired) electrons. The van der Waals surface area contributed by atoms with E-state index in [0.717, 1.165) is 0 Å². The van der Waals surface area contributed by atoms with E-state index >= 15 is 0 Å². The molecule has 5 nitrogen and oxygen atoms in total. The van der Waals surface area contributed by atoms with Crippen LogP contribution in [0.2, 0.25) is 0 Å². The lowest BCUT2D eigenvalue weighted by Gasteiger charge is -2.07. The molecule has 1 aromatic heterocycles. The van der Waals surface area contributed by atoms with Crippen LogP contribution in [-0.4, -0.2) is 17.5 Å². The van der Waals surface area contributed by atoms with Gasteiger partial charge >= 0.3 is 0 Å². The Balaban J connectivity index is 1.86. The zero-order valence-corrected chi connectivity index (χ0v) is 11.6. The van der Waals surface area contributed by atoms with Crippen molar-refractivity contribution in [2.75, 3.05) is 17.7 Å². The quantitative estimate of drug-likeness (QED) is 0.669. The summed E-state index contributed by atoms with van der Waals surface area (Å²) in [4.78, 5) is 15.7. The predicted octanol–water partition coefficient (Wildman–Crippen LogP) is 2.44. The van der Waals surface area contributed by atoms with Gasteiger partial charge in [-0.05, 0) is 40.2 Å². The van der Waals surface area contributed by atoms with Crippen molar-refractivity contribution in [1.82, 2.24) is 4.98 Å². The number of amides is 1. The van der Waals surface area contributed by atoms with E-state index in [2.05, 4.69) is 26.2 Å². The average molecular weight is 322 g/mol. The molecule has 0 atom stereocenters. The molecule has 0 fully saturated rings. The van der Waals surface area contributed by atoms with Crippen molar-refractivity contribution < 1.29 is 9.53 Å². The number of nitrogen functional groups attached to an aromatic ring is 1. The van der Waals surface area contributed by atoms with Gasteiger partial charge in [-0.2, -0.15) is 0 Å². The van der Waals surface area contributed by atoms with Gasteiger partial charge in [-0.15, -0.1) is 0 Å². The van der Waals surface area contributed by atoms with Gasteiger partial charge in [0.1, 0.15) is 10.4 Å². The smallest absolute Gasteiger partial charge is 0.262 e. The second kappa shape index (κ2) is 6.19. The summed E-state index contributed by atoms with van der Waals surface area (Å²) in [5.74, 6) is 0.302. The second-order valence-corrected chi connectivity index (χ2v) is 4.59. The summed E-state index contributed by atoms with van der Waals surface area (Å²) in [7, 11) is 0. The summed E-state index contributed by atoms with van der Waals surface area (Å²) in [6.07, 6.45) is 1.56. The molecule has 2 aromatic rings. The topological polar surface area (TPSA) is 77.2 Å². The SMILES string of the molecule is Nc1cccc(OCC(=O)Nc2ccc(Br)nc2)c1. The van der Waals surface area contributed by atoms with Crippen LogP contribution in [-0.2, 0) is 4.79 Å². The molecule has 1 aromatic carbocycles. The normalized spacial score (nSPS) is 9.95. The molecule has 0 saturated carbocycles. The lowest BCUT2D eigenvalue weighted by molar-refractivity contribution is -0.118. The second-order valence-electron chi connectivity index (χ2n) is 3.78. The maximum Gasteiger partial charge on any atom is 0.262 e. The van der Waals surface area contributed by atoms with E-state index in [4.69, 9.17) is 10.5 Å². The highest BCUT2D eigenvalue weighted by molar-refractivity contribution is 9.10. The van der Waals surface area contributed by atoms with Gasteiger partial charge in [0.05, 0.1) is 11.9 Å². The van der Waals surface area contributed by atoms with Gasteiger partial charge in [0.25, 0.3) is 5.91 Å². The number of aromatic nitrogens is 1. The minimum absolute atomic E-state index is 0.0838. The number of rotatable bonds is 4. The maximum atomic E-state index is 11.6. The lowest BCUT2D eigenvalue weighted by atomic mass is 10.3. The van der Waals surface area contributed by atoms with Crippen LogP contribution in [0.3, 0.4) is 0 Å². The van der Waals surface area contributed by atoms with Crippen LogP contribution >= 0.6 is 15.9 Å². The van der Waals surface area contributed by atoms with Crippen molar-refractivity contribution in [3.63, 3.8) is 0 Å². The molecule has 0 unspecified atom stereocenters. The first-order valence-electron chi connectivity index (χ1n) is 5.53. The first-order valence-corrected chi connectivity index (χ1v) is 6.32. The molecule has 6 heteroatoms. The highest BCUT2D eigenvalue weighted by Crippen LogP contribution is 2.14. The number of nitrogens with zero attached hydrogens (tertiary/aromatic N) is 1. The number of nitrogens with two attached hydrogens (primary N) is 1. The highest BCUT2D eigenvalue weighted by atomic mass is 79.9. The molecule has 0 aliphatic heterocycles. The number of hydrogen-bond donors (Lipinski definition) is 2. The minimum atomic E-state index is -0.258. The van der Waals surface area contributed by atoms with Crippen LogP contribution in [0.15, 0.2) is 47.2 Å². The zero-order valence-electron chi connectivity index (χ0n) is 9.97. The van der Waals surface area contributed by atoms with Gasteiger partial charge in [0.15, 0.2) is 6.61 Å². The van der Waals surface area contributed by atoms with Crippen LogP contribution in [0.25, 0.3) is 0 Å². The van der Waals surface area contributed by atoms with Gasteiger partial charge < -0.3 is 15.8 Å². The molecule has 2 rings (SSSR count). The molecule has 0 saturated heterocycles. The van der Waals surface area contributed by atoms with E-state index < -0.39 is 0 Å². The number of ether oxygens (including phenoxy) is 1. The Hall–Kier alpha value is -2.08. The third kappa shape index (κ3) is 4.26. The van der Waals surface area contributed by atoms with Crippen LogP contribution in [0, 0.1) is 0 Å². The van der Waals surface area contributed by atoms with E-state index in [9.17, 15) is 4.79 Å². The molecule has 0 bridgehead atoms. The number of anilines is 2. The third-order valence-corrected chi connectivity index (χ3v) is 2.71. The van der Waals surface area contributed by atoms with Crippen molar-refractivity contribution in [1.29, 1.82) is 0 Å². The molecule has 19 heavy (non-hydrogen) atoms. The Morgan fingerprint density at radius 1 is 1.37 bits per heavy atom. The number of pyridine rings is 1. The Morgan fingerprint density at radius 2 is 2.21 bits per heavy atom. The Bertz CT molecular complexity index is 572. The number of carbonyl (C=O) groups is 1. The number of nitrogens with one attached hydrogen (secondary N) is 1. The predicted molar refractivity (Wildman–Crippen MR) is 76.9 cm³/mol. The fraction of sp³-hybridized carbons (Fsp3) is 0.0769. The van der Waals surface area contributed by atoms with Gasteiger partial charge in [0, 0.05) is 11.8 Å². The fourth-order valence-corrected chi connectivity index (χ4v) is 1.63. The van der Waals surface area contributed by atoms with Gasteiger partial charge in [-0.3, -0.25) is 4.79 Å². The monoisotopic (exact) mass is 321 g/mol. The van der Waals surface area contributed by atoms with Crippen LogP contribution in [0.1, 0.15) is 0 Å². The molecule has 0 aliphatic rings. The van der Waals surface area contributed by atoms with E-state index in [1.165, 1.54) is 0 Å². The molecule has 0 spiro atoms. The van der Waals surface area contributed by atoms with Gasteiger partial charge in [-0.1, -0.05) is 6.07 Å². The van der Waals surface area contributed by atoms with Crippen molar-refractivity contribution >= 4 is 33.2 Å². The molecule has 1 amide bonds. The fourth-order valence-electron chi connectivity index (χ4n) is 1.40. The summed E-state index contributed by atoms with van der Waals surface area (Å²) in [5, 5.41) is 2.68. The lowest BCUT2D eigenvalue weighted by Crippen LogP contribution is -2.20. The van der Waals surface area contributed by atoms with E-state index in [1.807, 2.05) is 0 Å². The summed E-state index contributed by atoms with van der Waals surface area (Å²) in [6, 6.07) is 10.4. The number of carbonyl (C=O) groups excluding carboxylic acids is 1. The minimum Gasteiger partial charge on any atom is -0.484 e. The van der Waals surface area contributed by atoms with Crippen LogP contribution in [0.5, 0.6) is 5.75 Å². The summed E-state index contributed by atoms with van der Waals surface area (Å²) in [6.45, 7) is -0.0838. The van der Waals surface area contributed by atoms with Gasteiger partial charge in [-0.25, -0.2) is 4.98 Å². The first-order chi connectivity index (χ1) is 9.13. The molecular weight excluding hydrogens is 310 g/mol. The molecule has 98 valence electrons. The van der Waals surface area contributed by atoms with Crippen molar-refractivity contribution in [2.45, 2.75) is 0 Å². The van der Waals surface area contributed by atoms with Crippen molar-refractivity contribution in [3.8, 4) is 5.75 Å². The number of hydrogen-bond acceptors (Lipinski definition) is 4. The standard InChI is InChI=1S/C13H12BrN3O2/c14-12-5-4-10(7-16-12)17-13(18)8-19-11-3-1-2-9(15)6-11/h1-7H,8,15H2,(H,17,18). The summed E-state index contributed by atoms with van der Waals surface area (Å²) < 4.78 is 6.03. The van der Waals surface area contributed by atoms with Crippen LogP contribution in [0.4, 0.5) is 11.4 Å². The Morgan fingerprint density at radius 3 is 2.89 bits per heavy atom.